The molecule has 0 radical (unpaired) electrons. The second-order valence-electron chi connectivity index (χ2n) is 4.97. The van der Waals surface area contributed by atoms with E-state index in [1.165, 1.54) is 0 Å². The van der Waals surface area contributed by atoms with Crippen LogP contribution in [0.15, 0.2) is 58.4 Å². The third kappa shape index (κ3) is 3.13. The van der Waals surface area contributed by atoms with Gasteiger partial charge in [0.1, 0.15) is 0 Å². The fourth-order valence-electron chi connectivity index (χ4n) is 2.31. The molecule has 4 nitrogen and oxygen atoms in total. The average Bonchev–Trinajstić information content (AvgIpc) is 2.75. The first kappa shape index (κ1) is 15.0. The van der Waals surface area contributed by atoms with E-state index in [4.69, 9.17) is 0 Å². The minimum atomic E-state index is -3.54. The summed E-state index contributed by atoms with van der Waals surface area (Å²) in [5.74, 6) is -0.529. The summed E-state index contributed by atoms with van der Waals surface area (Å²) < 4.78 is 25.4. The summed E-state index contributed by atoms with van der Waals surface area (Å²) in [4.78, 5) is 12.0. The molecule has 0 unspecified atom stereocenters. The molecule has 1 N–H and O–H groups in total. The van der Waals surface area contributed by atoms with Gasteiger partial charge in [-0.3, -0.25) is 4.79 Å². The number of carbonyl (C=O) groups excluding carboxylic acids is 1. The lowest BCUT2D eigenvalue weighted by molar-refractivity contribution is -0.110. The van der Waals surface area contributed by atoms with Crippen molar-refractivity contribution in [1.82, 2.24) is 0 Å². The van der Waals surface area contributed by atoms with Crippen LogP contribution in [-0.4, -0.2) is 14.3 Å². The van der Waals surface area contributed by atoms with Gasteiger partial charge in [-0.2, -0.15) is 0 Å². The number of fused-ring (bicyclic) bond motifs is 1. The summed E-state index contributed by atoms with van der Waals surface area (Å²) in [6, 6.07) is 14.1. The first-order valence-corrected chi connectivity index (χ1v) is 9.05. The third-order valence-corrected chi connectivity index (χ3v) is 5.10. The Bertz CT molecular complexity index is 874. The van der Waals surface area contributed by atoms with E-state index >= 15 is 0 Å². The molecule has 1 aliphatic rings. The summed E-state index contributed by atoms with van der Waals surface area (Å²) in [5, 5.41) is 3.73. The van der Waals surface area contributed by atoms with E-state index < -0.39 is 15.7 Å². The van der Waals surface area contributed by atoms with Gasteiger partial charge in [0.2, 0.25) is 0 Å². The topological polar surface area (TPSA) is 63.2 Å². The van der Waals surface area contributed by atoms with Gasteiger partial charge in [-0.25, -0.2) is 8.42 Å². The number of anilines is 1. The Morgan fingerprint density at radius 3 is 2.55 bits per heavy atom. The van der Waals surface area contributed by atoms with Crippen LogP contribution in [0.25, 0.3) is 5.57 Å². The van der Waals surface area contributed by atoms with Crippen LogP contribution in [-0.2, 0) is 20.4 Å². The molecule has 6 heteroatoms. The molecular formula is C16H12BrNO3S. The van der Waals surface area contributed by atoms with Crippen molar-refractivity contribution in [2.75, 3.05) is 5.32 Å². The van der Waals surface area contributed by atoms with Crippen LogP contribution in [0.5, 0.6) is 0 Å². The first-order valence-electron chi connectivity index (χ1n) is 6.54. The Kier molecular flexibility index (Phi) is 3.88. The van der Waals surface area contributed by atoms with Gasteiger partial charge < -0.3 is 5.32 Å². The molecule has 0 spiro atoms. The molecule has 0 bridgehead atoms. The maximum atomic E-state index is 12.3. The van der Waals surface area contributed by atoms with Crippen molar-refractivity contribution in [2.45, 2.75) is 5.75 Å². The van der Waals surface area contributed by atoms with E-state index in [-0.39, 0.29) is 11.3 Å². The third-order valence-electron chi connectivity index (χ3n) is 3.27. The highest BCUT2D eigenvalue weighted by Gasteiger charge is 2.26. The summed E-state index contributed by atoms with van der Waals surface area (Å²) in [5.41, 5.74) is 2.07. The minimum absolute atomic E-state index is 0.131. The van der Waals surface area contributed by atoms with Crippen molar-refractivity contribution in [3.63, 3.8) is 0 Å². The average molecular weight is 378 g/mol. The summed E-state index contributed by atoms with van der Waals surface area (Å²) in [7, 11) is -3.54. The van der Waals surface area contributed by atoms with Crippen molar-refractivity contribution in [3.05, 3.63) is 69.5 Å². The van der Waals surface area contributed by atoms with Crippen LogP contribution >= 0.6 is 15.9 Å². The number of carbonyl (C=O) groups is 1. The molecular weight excluding hydrogens is 366 g/mol. The summed E-state index contributed by atoms with van der Waals surface area (Å²) in [6.45, 7) is 0. The second-order valence-corrected chi connectivity index (χ2v) is 7.73. The van der Waals surface area contributed by atoms with E-state index in [2.05, 4.69) is 21.2 Å². The van der Waals surface area contributed by atoms with Gasteiger partial charge in [0.15, 0.2) is 9.84 Å². The second kappa shape index (κ2) is 5.70. The molecule has 22 heavy (non-hydrogen) atoms. The zero-order valence-corrected chi connectivity index (χ0v) is 13.8. The highest BCUT2D eigenvalue weighted by Crippen LogP contribution is 2.34. The number of hydrogen-bond donors (Lipinski definition) is 1. The SMILES string of the molecule is O=C1Nc2ccc(Br)cc2C1=CS(=O)(=O)Cc1ccccc1. The molecule has 0 fully saturated rings. The molecule has 1 amide bonds. The number of hydrogen-bond acceptors (Lipinski definition) is 3. The normalized spacial score (nSPS) is 15.7. The standard InChI is InChI=1S/C16H12BrNO3S/c17-12-6-7-15-13(8-12)14(16(19)18-15)10-22(20,21)9-11-4-2-1-3-5-11/h1-8,10H,9H2,(H,18,19). The van der Waals surface area contributed by atoms with Crippen LogP contribution < -0.4 is 5.32 Å². The van der Waals surface area contributed by atoms with Crippen LogP contribution in [0.1, 0.15) is 11.1 Å². The Morgan fingerprint density at radius 2 is 1.82 bits per heavy atom. The Hall–Kier alpha value is -1.92. The fourth-order valence-corrected chi connectivity index (χ4v) is 4.00. The Labute approximate surface area is 136 Å². The van der Waals surface area contributed by atoms with Gasteiger partial charge in [-0.15, -0.1) is 0 Å². The molecule has 3 rings (SSSR count). The number of amides is 1. The quantitative estimate of drug-likeness (QED) is 0.834. The lowest BCUT2D eigenvalue weighted by Gasteiger charge is -2.02. The Balaban J connectivity index is 1.98. The lowest BCUT2D eigenvalue weighted by atomic mass is 10.1. The number of nitrogens with one attached hydrogen (secondary N) is 1. The molecule has 1 aliphatic heterocycles. The van der Waals surface area contributed by atoms with E-state index in [1.54, 1.807) is 42.5 Å². The molecule has 2 aromatic rings. The molecule has 0 saturated heterocycles. The fraction of sp³-hybridized carbons (Fsp3) is 0.0625. The van der Waals surface area contributed by atoms with Crippen molar-refractivity contribution >= 4 is 42.9 Å². The zero-order valence-electron chi connectivity index (χ0n) is 11.4. The van der Waals surface area contributed by atoms with Gasteiger partial charge in [-0.1, -0.05) is 46.3 Å². The zero-order chi connectivity index (χ0) is 15.7. The maximum Gasteiger partial charge on any atom is 0.257 e. The number of sulfone groups is 1. The number of rotatable bonds is 3. The molecule has 112 valence electrons. The van der Waals surface area contributed by atoms with Gasteiger partial charge in [0.25, 0.3) is 5.91 Å². The van der Waals surface area contributed by atoms with Crippen LogP contribution in [0.2, 0.25) is 0 Å². The molecule has 2 aromatic carbocycles. The molecule has 0 aliphatic carbocycles. The van der Waals surface area contributed by atoms with Gasteiger partial charge in [0, 0.05) is 21.1 Å². The molecule has 0 atom stereocenters. The first-order chi connectivity index (χ1) is 10.4. The van der Waals surface area contributed by atoms with Crippen molar-refractivity contribution in [1.29, 1.82) is 0 Å². The monoisotopic (exact) mass is 377 g/mol. The van der Waals surface area contributed by atoms with Crippen LogP contribution in [0.4, 0.5) is 5.69 Å². The van der Waals surface area contributed by atoms with E-state index in [0.29, 0.717) is 16.8 Å². The molecule has 0 aromatic heterocycles. The predicted octanol–water partition coefficient (Wildman–Crippen LogP) is 3.36. The highest BCUT2D eigenvalue weighted by molar-refractivity contribution is 9.10. The van der Waals surface area contributed by atoms with Crippen molar-refractivity contribution in [2.24, 2.45) is 0 Å². The van der Waals surface area contributed by atoms with E-state index in [9.17, 15) is 13.2 Å². The number of benzene rings is 2. The van der Waals surface area contributed by atoms with Crippen LogP contribution in [0.3, 0.4) is 0 Å². The lowest BCUT2D eigenvalue weighted by Crippen LogP contribution is -2.07. The highest BCUT2D eigenvalue weighted by atomic mass is 79.9. The summed E-state index contributed by atoms with van der Waals surface area (Å²) in [6.07, 6.45) is 0. The largest absolute Gasteiger partial charge is 0.321 e. The molecule has 1 heterocycles. The van der Waals surface area contributed by atoms with Gasteiger partial charge in [0.05, 0.1) is 11.3 Å². The van der Waals surface area contributed by atoms with E-state index in [0.717, 1.165) is 9.88 Å². The van der Waals surface area contributed by atoms with Crippen LogP contribution in [0, 0.1) is 0 Å². The Morgan fingerprint density at radius 1 is 1.09 bits per heavy atom. The summed E-state index contributed by atoms with van der Waals surface area (Å²) >= 11 is 3.33. The van der Waals surface area contributed by atoms with E-state index in [1.807, 2.05) is 6.07 Å². The van der Waals surface area contributed by atoms with Crippen molar-refractivity contribution in [3.8, 4) is 0 Å². The predicted molar refractivity (Wildman–Crippen MR) is 89.8 cm³/mol. The minimum Gasteiger partial charge on any atom is -0.321 e. The van der Waals surface area contributed by atoms with Crippen molar-refractivity contribution < 1.29 is 13.2 Å². The smallest absolute Gasteiger partial charge is 0.257 e. The molecule has 0 saturated carbocycles. The van der Waals surface area contributed by atoms with Gasteiger partial charge >= 0.3 is 0 Å². The number of halogens is 1. The van der Waals surface area contributed by atoms with Gasteiger partial charge in [-0.05, 0) is 23.8 Å². The maximum absolute atomic E-state index is 12.3.